The van der Waals surface area contributed by atoms with Gasteiger partial charge >= 0.3 is 0 Å². The standard InChI is InChI=1S/C20H20N4O3/c1-14(25)24-18-5-3-4-17(10-18)22-13-16(11-21)20(26)23-12-15-6-8-19(27-2)9-7-15/h3-10,13,22H,12H2,1-2H3,(H,23,26)(H,24,25)/b16-13-. The molecule has 0 saturated heterocycles. The van der Waals surface area contributed by atoms with Crippen LogP contribution in [0, 0.1) is 11.3 Å². The molecule has 2 rings (SSSR count). The molecule has 7 heteroatoms. The number of ether oxygens (including phenoxy) is 1. The summed E-state index contributed by atoms with van der Waals surface area (Å²) in [6.45, 7) is 1.71. The lowest BCUT2D eigenvalue weighted by molar-refractivity contribution is -0.117. The average molecular weight is 364 g/mol. The van der Waals surface area contributed by atoms with Gasteiger partial charge in [0.1, 0.15) is 17.4 Å². The van der Waals surface area contributed by atoms with Gasteiger partial charge in [0.05, 0.1) is 7.11 Å². The lowest BCUT2D eigenvalue weighted by Crippen LogP contribution is -2.24. The molecule has 2 amide bonds. The summed E-state index contributed by atoms with van der Waals surface area (Å²) < 4.78 is 5.08. The Morgan fingerprint density at radius 1 is 1.15 bits per heavy atom. The molecule has 2 aromatic carbocycles. The summed E-state index contributed by atoms with van der Waals surface area (Å²) in [6, 6.07) is 16.1. The molecule has 0 atom stereocenters. The third-order valence-corrected chi connectivity index (χ3v) is 3.54. The van der Waals surface area contributed by atoms with Crippen molar-refractivity contribution in [1.82, 2.24) is 5.32 Å². The number of carbonyl (C=O) groups is 2. The van der Waals surface area contributed by atoms with Crippen LogP contribution in [0.15, 0.2) is 60.3 Å². The monoisotopic (exact) mass is 364 g/mol. The van der Waals surface area contributed by atoms with Crippen molar-refractivity contribution in [2.45, 2.75) is 13.5 Å². The molecule has 7 nitrogen and oxygen atoms in total. The number of benzene rings is 2. The van der Waals surface area contributed by atoms with Crippen LogP contribution in [-0.4, -0.2) is 18.9 Å². The number of nitriles is 1. The van der Waals surface area contributed by atoms with Crippen molar-refractivity contribution in [2.24, 2.45) is 0 Å². The molecule has 0 fully saturated rings. The van der Waals surface area contributed by atoms with E-state index in [9.17, 15) is 14.9 Å². The largest absolute Gasteiger partial charge is 0.497 e. The van der Waals surface area contributed by atoms with Crippen LogP contribution in [0.3, 0.4) is 0 Å². The summed E-state index contributed by atoms with van der Waals surface area (Å²) in [5.74, 6) is 0.0607. The predicted molar refractivity (Wildman–Crippen MR) is 103 cm³/mol. The highest BCUT2D eigenvalue weighted by Crippen LogP contribution is 2.15. The number of amides is 2. The zero-order valence-corrected chi connectivity index (χ0v) is 15.1. The molecule has 0 bridgehead atoms. The summed E-state index contributed by atoms with van der Waals surface area (Å²) in [5, 5.41) is 17.5. The normalized spacial score (nSPS) is 10.5. The zero-order valence-electron chi connectivity index (χ0n) is 15.1. The molecule has 0 unspecified atom stereocenters. The first-order chi connectivity index (χ1) is 13.0. The zero-order chi connectivity index (χ0) is 19.6. The number of hydrogen-bond acceptors (Lipinski definition) is 5. The third kappa shape index (κ3) is 6.21. The van der Waals surface area contributed by atoms with E-state index in [2.05, 4.69) is 16.0 Å². The number of hydrogen-bond donors (Lipinski definition) is 3. The Labute approximate surface area is 157 Å². The van der Waals surface area contributed by atoms with E-state index < -0.39 is 5.91 Å². The Morgan fingerprint density at radius 3 is 2.48 bits per heavy atom. The molecular weight excluding hydrogens is 344 g/mol. The molecule has 2 aromatic rings. The number of nitrogens with one attached hydrogen (secondary N) is 3. The van der Waals surface area contributed by atoms with E-state index in [0.717, 1.165) is 11.3 Å². The molecular formula is C20H20N4O3. The minimum Gasteiger partial charge on any atom is -0.497 e. The second-order valence-corrected chi connectivity index (χ2v) is 5.61. The highest BCUT2D eigenvalue weighted by Gasteiger charge is 2.08. The van der Waals surface area contributed by atoms with E-state index in [1.165, 1.54) is 13.1 Å². The minimum absolute atomic E-state index is 0.0616. The van der Waals surface area contributed by atoms with E-state index in [1.807, 2.05) is 18.2 Å². The fourth-order valence-corrected chi connectivity index (χ4v) is 2.22. The van der Waals surface area contributed by atoms with Gasteiger partial charge in [0.25, 0.3) is 5.91 Å². The van der Waals surface area contributed by atoms with Crippen LogP contribution in [0.1, 0.15) is 12.5 Å². The molecule has 0 aliphatic heterocycles. The van der Waals surface area contributed by atoms with Gasteiger partial charge in [-0.05, 0) is 35.9 Å². The van der Waals surface area contributed by atoms with Crippen LogP contribution in [0.2, 0.25) is 0 Å². The molecule has 0 heterocycles. The Morgan fingerprint density at radius 2 is 1.85 bits per heavy atom. The maximum atomic E-state index is 12.2. The predicted octanol–water partition coefficient (Wildman–Crippen LogP) is 2.79. The summed E-state index contributed by atoms with van der Waals surface area (Å²) in [4.78, 5) is 23.3. The molecule has 0 aliphatic rings. The second-order valence-electron chi connectivity index (χ2n) is 5.61. The average Bonchev–Trinajstić information content (AvgIpc) is 2.67. The molecule has 0 aliphatic carbocycles. The van der Waals surface area contributed by atoms with Crippen molar-refractivity contribution in [3.63, 3.8) is 0 Å². The summed E-state index contributed by atoms with van der Waals surface area (Å²) in [7, 11) is 1.58. The highest BCUT2D eigenvalue weighted by atomic mass is 16.5. The van der Waals surface area contributed by atoms with E-state index in [4.69, 9.17) is 4.74 Å². The number of nitrogens with zero attached hydrogens (tertiary/aromatic N) is 1. The first kappa shape index (κ1) is 19.5. The molecule has 138 valence electrons. The SMILES string of the molecule is COc1ccc(CNC(=O)/C(C#N)=C\Nc2cccc(NC(C)=O)c2)cc1. The molecule has 0 spiro atoms. The lowest BCUT2D eigenvalue weighted by Gasteiger charge is -2.07. The molecule has 27 heavy (non-hydrogen) atoms. The van der Waals surface area contributed by atoms with Gasteiger partial charge in [-0.25, -0.2) is 0 Å². The maximum Gasteiger partial charge on any atom is 0.263 e. The molecule has 0 saturated carbocycles. The van der Waals surface area contributed by atoms with Gasteiger partial charge < -0.3 is 20.7 Å². The van der Waals surface area contributed by atoms with Gasteiger partial charge in [0, 0.05) is 31.0 Å². The molecule has 3 N–H and O–H groups in total. The summed E-state index contributed by atoms with van der Waals surface area (Å²) in [6.07, 6.45) is 1.33. The fraction of sp³-hybridized carbons (Fsp3) is 0.150. The Balaban J connectivity index is 1.97. The lowest BCUT2D eigenvalue weighted by atomic mass is 10.2. The Bertz CT molecular complexity index is 883. The minimum atomic E-state index is -0.487. The van der Waals surface area contributed by atoms with E-state index in [-0.39, 0.29) is 11.5 Å². The van der Waals surface area contributed by atoms with Gasteiger partial charge in [-0.3, -0.25) is 9.59 Å². The van der Waals surface area contributed by atoms with Crippen molar-refractivity contribution in [1.29, 1.82) is 5.26 Å². The third-order valence-electron chi connectivity index (χ3n) is 3.54. The number of carbonyl (C=O) groups excluding carboxylic acids is 2. The van der Waals surface area contributed by atoms with Crippen LogP contribution in [0.25, 0.3) is 0 Å². The van der Waals surface area contributed by atoms with E-state index in [1.54, 1.807) is 43.5 Å². The van der Waals surface area contributed by atoms with Crippen molar-refractivity contribution < 1.29 is 14.3 Å². The van der Waals surface area contributed by atoms with Gasteiger partial charge in [0.2, 0.25) is 5.91 Å². The van der Waals surface area contributed by atoms with Crippen molar-refractivity contribution >= 4 is 23.2 Å². The van der Waals surface area contributed by atoms with E-state index in [0.29, 0.717) is 17.9 Å². The maximum absolute atomic E-state index is 12.2. The first-order valence-corrected chi connectivity index (χ1v) is 8.17. The molecule has 0 radical (unpaired) electrons. The van der Waals surface area contributed by atoms with Crippen LogP contribution in [-0.2, 0) is 16.1 Å². The van der Waals surface area contributed by atoms with Crippen molar-refractivity contribution in [2.75, 3.05) is 17.7 Å². The summed E-state index contributed by atoms with van der Waals surface area (Å²) in [5.41, 5.74) is 2.08. The van der Waals surface area contributed by atoms with E-state index >= 15 is 0 Å². The van der Waals surface area contributed by atoms with Crippen LogP contribution in [0.5, 0.6) is 5.75 Å². The van der Waals surface area contributed by atoms with Crippen LogP contribution < -0.4 is 20.7 Å². The quantitative estimate of drug-likeness (QED) is 0.518. The van der Waals surface area contributed by atoms with Crippen LogP contribution >= 0.6 is 0 Å². The Kier molecular flexibility index (Phi) is 6.97. The topological polar surface area (TPSA) is 103 Å². The van der Waals surface area contributed by atoms with Gasteiger partial charge in [-0.15, -0.1) is 0 Å². The van der Waals surface area contributed by atoms with Gasteiger partial charge in [-0.2, -0.15) is 5.26 Å². The Hall–Kier alpha value is -3.79. The van der Waals surface area contributed by atoms with Gasteiger partial charge in [0.15, 0.2) is 0 Å². The van der Waals surface area contributed by atoms with Gasteiger partial charge in [-0.1, -0.05) is 18.2 Å². The first-order valence-electron chi connectivity index (χ1n) is 8.17. The van der Waals surface area contributed by atoms with Crippen molar-refractivity contribution in [3.05, 3.63) is 65.9 Å². The fourth-order valence-electron chi connectivity index (χ4n) is 2.22. The second kappa shape index (κ2) is 9.63. The highest BCUT2D eigenvalue weighted by molar-refractivity contribution is 5.97. The number of rotatable bonds is 7. The summed E-state index contributed by atoms with van der Waals surface area (Å²) >= 11 is 0. The smallest absolute Gasteiger partial charge is 0.263 e. The van der Waals surface area contributed by atoms with Crippen LogP contribution in [0.4, 0.5) is 11.4 Å². The van der Waals surface area contributed by atoms with Crippen molar-refractivity contribution in [3.8, 4) is 11.8 Å². The number of methoxy groups -OCH3 is 1. The number of anilines is 2. The molecule has 0 aromatic heterocycles.